The van der Waals surface area contributed by atoms with E-state index in [2.05, 4.69) is 34.6 Å². The van der Waals surface area contributed by atoms with E-state index in [1.165, 1.54) is 103 Å². The predicted octanol–water partition coefficient (Wildman–Crippen LogP) is 13.8. The van der Waals surface area contributed by atoms with E-state index in [-0.39, 0.29) is 98.0 Å². The fourth-order valence-corrected chi connectivity index (χ4v) is 9.04. The number of hydrogen-bond donors (Lipinski definition) is 0. The molecular formula is C59H107NO12. The maximum atomic E-state index is 12.5. The van der Waals surface area contributed by atoms with Crippen LogP contribution in [0.25, 0.3) is 0 Å². The lowest BCUT2D eigenvalue weighted by Crippen LogP contribution is -2.33. The van der Waals surface area contributed by atoms with E-state index >= 15 is 0 Å². The van der Waals surface area contributed by atoms with Gasteiger partial charge in [0.05, 0.1) is 32.5 Å². The van der Waals surface area contributed by atoms with Gasteiger partial charge in [0.2, 0.25) is 5.91 Å². The van der Waals surface area contributed by atoms with Crippen LogP contribution in [0.3, 0.4) is 0 Å². The standard InChI is InChI=1S/C27H48O5.C23H42O5.C9H17NO2/c1-3-5-7-9-11-13-18-31-26(29)21-23(20-25(28)24-16-15-17-24)22-27(30)32-19-14-12-10-8-6-4-2;1-3-5-7-9-11-13-17-27-22(25)19-21(15-16-24)20-23(26)28-18-14-12-10-8-6-4-2;1-4-8-5-9(12-3)6-10(8)7(2)11/h23-24H,3-22H2,1-2H3;16,21H,3-15,17-20H2,1-2H3;8-9H,4-6H2,1-3H3. The highest BCUT2D eigenvalue weighted by molar-refractivity contribution is 5.83. The normalized spacial score (nSPS) is 15.2. The van der Waals surface area contributed by atoms with Crippen molar-refractivity contribution in [1.29, 1.82) is 0 Å². The van der Waals surface area contributed by atoms with E-state index in [1.54, 1.807) is 14.0 Å². The predicted molar refractivity (Wildman–Crippen MR) is 287 cm³/mol. The molecule has 1 aliphatic heterocycles. The van der Waals surface area contributed by atoms with Crippen molar-refractivity contribution >= 4 is 41.9 Å². The summed E-state index contributed by atoms with van der Waals surface area (Å²) in [5.41, 5.74) is 0. The number of Topliss-reactive ketones (excluding diaryl/α,β-unsaturated/α-hetero) is 1. The fraction of sp³-hybridized carbons (Fsp3) is 0.881. The molecule has 13 heteroatoms. The van der Waals surface area contributed by atoms with Gasteiger partial charge in [-0.05, 0) is 63.2 Å². The van der Waals surface area contributed by atoms with Gasteiger partial charge >= 0.3 is 23.9 Å². The van der Waals surface area contributed by atoms with Gasteiger partial charge in [0.1, 0.15) is 12.1 Å². The molecule has 2 unspecified atom stereocenters. The largest absolute Gasteiger partial charge is 0.466 e. The van der Waals surface area contributed by atoms with Crippen LogP contribution in [0.1, 0.15) is 266 Å². The number of nitrogens with zero attached hydrogens (tertiary/aromatic N) is 1. The smallest absolute Gasteiger partial charge is 0.306 e. The molecule has 0 radical (unpaired) electrons. The van der Waals surface area contributed by atoms with Crippen LogP contribution in [0.4, 0.5) is 0 Å². The number of likely N-dealkylation sites (tertiary alicyclic amines) is 1. The highest BCUT2D eigenvalue weighted by atomic mass is 16.5. The van der Waals surface area contributed by atoms with Gasteiger partial charge in [-0.15, -0.1) is 0 Å². The van der Waals surface area contributed by atoms with Crippen LogP contribution in [-0.4, -0.2) is 99.0 Å². The number of rotatable bonds is 43. The van der Waals surface area contributed by atoms with Crippen molar-refractivity contribution in [3.05, 3.63) is 0 Å². The van der Waals surface area contributed by atoms with Crippen LogP contribution in [-0.2, 0) is 57.2 Å². The monoisotopic (exact) mass is 1020 g/mol. The highest BCUT2D eigenvalue weighted by Crippen LogP contribution is 2.31. The maximum absolute atomic E-state index is 12.5. The summed E-state index contributed by atoms with van der Waals surface area (Å²) in [4.78, 5) is 84.9. The van der Waals surface area contributed by atoms with Crippen LogP contribution in [0.15, 0.2) is 0 Å². The Hall–Kier alpha value is -3.35. The summed E-state index contributed by atoms with van der Waals surface area (Å²) in [7, 11) is 1.71. The van der Waals surface area contributed by atoms with Gasteiger partial charge in [0.25, 0.3) is 0 Å². The van der Waals surface area contributed by atoms with Crippen LogP contribution in [0.2, 0.25) is 0 Å². The molecule has 2 atom stereocenters. The van der Waals surface area contributed by atoms with Gasteiger partial charge in [0.15, 0.2) is 0 Å². The number of aldehydes is 1. The van der Waals surface area contributed by atoms with Gasteiger partial charge in [-0.25, -0.2) is 0 Å². The number of amides is 1. The minimum absolute atomic E-state index is 0.0979. The third-order valence-electron chi connectivity index (χ3n) is 13.9. The van der Waals surface area contributed by atoms with E-state index in [9.17, 15) is 33.6 Å². The Labute approximate surface area is 438 Å². The molecule has 1 amide bonds. The maximum Gasteiger partial charge on any atom is 0.306 e. The molecule has 1 heterocycles. The topological polar surface area (TPSA) is 169 Å². The minimum atomic E-state index is -0.330. The van der Waals surface area contributed by atoms with Crippen molar-refractivity contribution in [3.8, 4) is 0 Å². The quantitative estimate of drug-likeness (QED) is 0.0246. The van der Waals surface area contributed by atoms with Gasteiger partial charge < -0.3 is 33.4 Å². The molecule has 2 fully saturated rings. The van der Waals surface area contributed by atoms with Gasteiger partial charge in [-0.2, -0.15) is 0 Å². The molecule has 0 aromatic heterocycles. The van der Waals surface area contributed by atoms with E-state index in [1.807, 2.05) is 4.90 Å². The third kappa shape index (κ3) is 39.2. The molecule has 0 aromatic rings. The van der Waals surface area contributed by atoms with Gasteiger partial charge in [0, 0.05) is 71.1 Å². The molecule has 0 bridgehead atoms. The SMILES string of the molecule is CCC1CC(OC)CN1C(C)=O.CCCCCCCCOC(=O)CC(CC(=O)OCCCCCCCC)CC(=O)C1CCC1.CCCCCCCCOC(=O)CC(CC=O)CC(=O)OCCCCCCCC. The van der Waals surface area contributed by atoms with E-state index in [0.29, 0.717) is 32.5 Å². The van der Waals surface area contributed by atoms with Crippen molar-refractivity contribution in [2.24, 2.45) is 17.8 Å². The average molecular weight is 1020 g/mol. The molecule has 13 nitrogen and oxygen atoms in total. The zero-order chi connectivity index (χ0) is 53.5. The number of carbonyl (C=O) groups excluding carboxylic acids is 7. The molecule has 0 aromatic carbocycles. The van der Waals surface area contributed by atoms with E-state index < -0.39 is 0 Å². The molecule has 1 saturated heterocycles. The highest BCUT2D eigenvalue weighted by Gasteiger charge is 2.32. The minimum Gasteiger partial charge on any atom is -0.466 e. The zero-order valence-corrected chi connectivity index (χ0v) is 47.1. The average Bonchev–Trinajstić information content (AvgIpc) is 3.77. The van der Waals surface area contributed by atoms with Crippen LogP contribution >= 0.6 is 0 Å². The summed E-state index contributed by atoms with van der Waals surface area (Å²) in [6.07, 6.45) is 34.2. The molecular weight excluding hydrogens is 915 g/mol. The molecule has 1 saturated carbocycles. The Kier molecular flexibility index (Phi) is 46.3. The van der Waals surface area contributed by atoms with E-state index in [4.69, 9.17) is 23.7 Å². The zero-order valence-electron chi connectivity index (χ0n) is 47.1. The Bertz CT molecular complexity index is 1320. The molecule has 1 aliphatic carbocycles. The molecule has 420 valence electrons. The first-order chi connectivity index (χ1) is 34.9. The number of carbonyl (C=O) groups is 7. The number of unbranched alkanes of at least 4 members (excludes halogenated alkanes) is 20. The Morgan fingerprint density at radius 3 is 1.12 bits per heavy atom. The summed E-state index contributed by atoms with van der Waals surface area (Å²) in [6, 6.07) is 0.396. The second-order valence-electron chi connectivity index (χ2n) is 20.5. The number of methoxy groups -OCH3 is 1. The molecule has 72 heavy (non-hydrogen) atoms. The fourth-order valence-electron chi connectivity index (χ4n) is 9.04. The summed E-state index contributed by atoms with van der Waals surface area (Å²) < 4.78 is 26.5. The second kappa shape index (κ2) is 48.6. The Balaban J connectivity index is 0.00000115. The number of ether oxygens (including phenoxy) is 5. The number of hydrogen-bond acceptors (Lipinski definition) is 12. The van der Waals surface area contributed by atoms with E-state index in [0.717, 1.165) is 96.3 Å². The van der Waals surface area contributed by atoms with Crippen molar-refractivity contribution in [2.45, 2.75) is 278 Å². The van der Waals surface area contributed by atoms with Crippen LogP contribution in [0, 0.1) is 17.8 Å². The van der Waals surface area contributed by atoms with Gasteiger partial charge in [-0.1, -0.05) is 169 Å². The number of ketones is 1. The summed E-state index contributed by atoms with van der Waals surface area (Å²) >= 11 is 0. The first-order valence-electron chi connectivity index (χ1n) is 29.3. The molecule has 0 spiro atoms. The summed E-state index contributed by atoms with van der Waals surface area (Å²) in [5, 5.41) is 0. The Morgan fingerprint density at radius 2 is 0.847 bits per heavy atom. The molecule has 2 aliphatic rings. The first-order valence-corrected chi connectivity index (χ1v) is 29.3. The third-order valence-corrected chi connectivity index (χ3v) is 13.9. The van der Waals surface area contributed by atoms with Crippen molar-refractivity contribution < 1.29 is 57.2 Å². The lowest BCUT2D eigenvalue weighted by atomic mass is 9.78. The van der Waals surface area contributed by atoms with Gasteiger partial charge in [-0.3, -0.25) is 28.8 Å². The number of esters is 4. The van der Waals surface area contributed by atoms with Crippen molar-refractivity contribution in [1.82, 2.24) is 4.90 Å². The van der Waals surface area contributed by atoms with Crippen molar-refractivity contribution in [2.75, 3.05) is 40.1 Å². The lowest BCUT2D eigenvalue weighted by molar-refractivity contribution is -0.150. The Morgan fingerprint density at radius 1 is 0.500 bits per heavy atom. The summed E-state index contributed by atoms with van der Waals surface area (Å²) in [5.74, 6) is -1.41. The first kappa shape index (κ1) is 68.7. The van der Waals surface area contributed by atoms with Crippen LogP contribution in [0.5, 0.6) is 0 Å². The molecule has 0 N–H and O–H groups in total. The van der Waals surface area contributed by atoms with Crippen molar-refractivity contribution in [3.63, 3.8) is 0 Å². The molecule has 2 rings (SSSR count). The second-order valence-corrected chi connectivity index (χ2v) is 20.5. The van der Waals surface area contributed by atoms with Crippen LogP contribution < -0.4 is 0 Å². The lowest BCUT2D eigenvalue weighted by Gasteiger charge is -2.25. The summed E-state index contributed by atoms with van der Waals surface area (Å²) in [6.45, 7) is 14.9.